The van der Waals surface area contributed by atoms with Gasteiger partial charge in [-0.1, -0.05) is 24.3 Å². The lowest BCUT2D eigenvalue weighted by molar-refractivity contribution is -0.137. The molecule has 4 rings (SSSR count). The van der Waals surface area contributed by atoms with Crippen molar-refractivity contribution in [1.82, 2.24) is 10.2 Å². The fourth-order valence-electron chi connectivity index (χ4n) is 4.25. The molecule has 28 heavy (non-hydrogen) atoms. The van der Waals surface area contributed by atoms with Crippen LogP contribution in [-0.2, 0) is 6.18 Å². The Morgan fingerprint density at radius 2 is 1.68 bits per heavy atom. The van der Waals surface area contributed by atoms with Crippen LogP contribution in [0.25, 0.3) is 0 Å². The molecule has 3 atom stereocenters. The van der Waals surface area contributed by atoms with E-state index >= 15 is 0 Å². The highest BCUT2D eigenvalue weighted by molar-refractivity contribution is 5.96. The number of hydrogen-bond acceptors (Lipinski definition) is 2. The SMILES string of the molecule is O=C(N[C@H]1C[C@@H]2C[C@H]1N(C(=O)c1cccc(C(F)(F)F)c1)C2)c1ccccc1. The lowest BCUT2D eigenvalue weighted by Gasteiger charge is -2.34. The van der Waals surface area contributed by atoms with E-state index in [0.29, 0.717) is 12.1 Å². The van der Waals surface area contributed by atoms with E-state index in [1.807, 2.05) is 6.07 Å². The van der Waals surface area contributed by atoms with Gasteiger partial charge in [0, 0.05) is 23.7 Å². The second-order valence-electron chi connectivity index (χ2n) is 7.39. The van der Waals surface area contributed by atoms with Gasteiger partial charge in [-0.2, -0.15) is 13.2 Å². The maximum Gasteiger partial charge on any atom is 0.416 e. The number of nitrogens with zero attached hydrogens (tertiary/aromatic N) is 1. The van der Waals surface area contributed by atoms with Crippen molar-refractivity contribution in [2.24, 2.45) is 5.92 Å². The summed E-state index contributed by atoms with van der Waals surface area (Å²) in [6, 6.07) is 12.9. The number of carbonyl (C=O) groups is 2. The molecule has 4 nitrogen and oxygen atoms in total. The lowest BCUT2D eigenvalue weighted by Crippen LogP contribution is -2.52. The smallest absolute Gasteiger partial charge is 0.347 e. The number of halogens is 3. The van der Waals surface area contributed by atoms with E-state index in [2.05, 4.69) is 5.32 Å². The molecule has 0 radical (unpaired) electrons. The highest BCUT2D eigenvalue weighted by Gasteiger charge is 2.47. The van der Waals surface area contributed by atoms with Crippen LogP contribution < -0.4 is 5.32 Å². The summed E-state index contributed by atoms with van der Waals surface area (Å²) in [5.74, 6) is -0.373. The molecule has 2 bridgehead atoms. The van der Waals surface area contributed by atoms with E-state index in [9.17, 15) is 22.8 Å². The highest BCUT2D eigenvalue weighted by Crippen LogP contribution is 2.39. The van der Waals surface area contributed by atoms with Crippen molar-refractivity contribution in [2.75, 3.05) is 6.54 Å². The van der Waals surface area contributed by atoms with E-state index in [1.165, 1.54) is 12.1 Å². The first kappa shape index (κ1) is 18.5. The molecule has 1 saturated carbocycles. The van der Waals surface area contributed by atoms with E-state index in [-0.39, 0.29) is 29.5 Å². The minimum absolute atomic E-state index is 0.0236. The van der Waals surface area contributed by atoms with Gasteiger partial charge in [-0.15, -0.1) is 0 Å². The Bertz CT molecular complexity index is 898. The Kier molecular flexibility index (Phi) is 4.61. The molecule has 0 unspecified atom stereocenters. The summed E-state index contributed by atoms with van der Waals surface area (Å²) in [7, 11) is 0. The fourth-order valence-corrected chi connectivity index (χ4v) is 4.25. The van der Waals surface area contributed by atoms with Gasteiger partial charge in [0.05, 0.1) is 11.6 Å². The molecule has 2 amide bonds. The average molecular weight is 388 g/mol. The van der Waals surface area contributed by atoms with E-state index in [1.54, 1.807) is 29.2 Å². The second kappa shape index (κ2) is 6.96. The number of rotatable bonds is 3. The number of hydrogen-bond donors (Lipinski definition) is 1. The van der Waals surface area contributed by atoms with Crippen molar-refractivity contribution >= 4 is 11.8 Å². The van der Waals surface area contributed by atoms with Crippen LogP contribution in [0.3, 0.4) is 0 Å². The number of carbonyl (C=O) groups excluding carboxylic acids is 2. The van der Waals surface area contributed by atoms with Crippen molar-refractivity contribution < 1.29 is 22.8 Å². The number of amides is 2. The zero-order valence-corrected chi connectivity index (χ0v) is 14.9. The molecule has 7 heteroatoms. The molecular formula is C21H19F3N2O2. The third-order valence-corrected chi connectivity index (χ3v) is 5.53. The van der Waals surface area contributed by atoms with Crippen molar-refractivity contribution in [3.05, 3.63) is 71.3 Å². The van der Waals surface area contributed by atoms with Gasteiger partial charge in [0.15, 0.2) is 0 Å². The highest BCUT2D eigenvalue weighted by atomic mass is 19.4. The van der Waals surface area contributed by atoms with Crippen LogP contribution in [0.1, 0.15) is 39.1 Å². The first-order valence-electron chi connectivity index (χ1n) is 9.17. The molecule has 2 aliphatic rings. The Morgan fingerprint density at radius 3 is 2.36 bits per heavy atom. The average Bonchev–Trinajstić information content (AvgIpc) is 3.28. The minimum atomic E-state index is -4.49. The van der Waals surface area contributed by atoms with E-state index in [4.69, 9.17) is 0 Å². The maximum absolute atomic E-state index is 13.0. The first-order valence-corrected chi connectivity index (χ1v) is 9.17. The zero-order chi connectivity index (χ0) is 19.9. The molecule has 1 N–H and O–H groups in total. The molecule has 2 aromatic rings. The Balaban J connectivity index is 1.49. The van der Waals surface area contributed by atoms with Gasteiger partial charge in [0.25, 0.3) is 11.8 Å². The molecule has 2 aromatic carbocycles. The Morgan fingerprint density at radius 1 is 0.964 bits per heavy atom. The van der Waals surface area contributed by atoms with Gasteiger partial charge < -0.3 is 10.2 Å². The predicted molar refractivity (Wildman–Crippen MR) is 96.7 cm³/mol. The monoisotopic (exact) mass is 388 g/mol. The summed E-state index contributed by atoms with van der Waals surface area (Å²) in [4.78, 5) is 26.9. The molecule has 1 heterocycles. The van der Waals surface area contributed by atoms with Crippen LogP contribution in [0.15, 0.2) is 54.6 Å². The molecule has 2 fully saturated rings. The number of likely N-dealkylation sites (tertiary alicyclic amines) is 1. The van der Waals surface area contributed by atoms with Gasteiger partial charge >= 0.3 is 6.18 Å². The zero-order valence-electron chi connectivity index (χ0n) is 14.9. The minimum Gasteiger partial charge on any atom is -0.347 e. The predicted octanol–water partition coefficient (Wildman–Crippen LogP) is 3.74. The van der Waals surface area contributed by atoms with E-state index < -0.39 is 17.6 Å². The quantitative estimate of drug-likeness (QED) is 0.871. The van der Waals surface area contributed by atoms with Crippen LogP contribution in [-0.4, -0.2) is 35.3 Å². The summed E-state index contributed by atoms with van der Waals surface area (Å²) in [5, 5.41) is 2.99. The normalized spacial score (nSPS) is 23.7. The number of nitrogens with one attached hydrogen (secondary N) is 1. The first-order chi connectivity index (χ1) is 13.3. The van der Waals surface area contributed by atoms with Crippen molar-refractivity contribution in [2.45, 2.75) is 31.1 Å². The summed E-state index contributed by atoms with van der Waals surface area (Å²) in [6.07, 6.45) is -2.97. The Labute approximate surface area is 160 Å². The summed E-state index contributed by atoms with van der Waals surface area (Å²) < 4.78 is 38.9. The molecular weight excluding hydrogens is 369 g/mol. The molecule has 1 aliphatic heterocycles. The number of fused-ring (bicyclic) bond motifs is 2. The molecule has 1 saturated heterocycles. The van der Waals surface area contributed by atoms with Gasteiger partial charge in [-0.25, -0.2) is 0 Å². The van der Waals surface area contributed by atoms with Gasteiger partial charge in [-0.05, 0) is 49.1 Å². The number of alkyl halides is 3. The molecule has 0 aromatic heterocycles. The number of piperidine rings is 1. The van der Waals surface area contributed by atoms with Crippen molar-refractivity contribution in [3.8, 4) is 0 Å². The van der Waals surface area contributed by atoms with E-state index in [0.717, 1.165) is 25.0 Å². The molecule has 0 spiro atoms. The third-order valence-electron chi connectivity index (χ3n) is 5.53. The third kappa shape index (κ3) is 3.48. The largest absolute Gasteiger partial charge is 0.416 e. The van der Waals surface area contributed by atoms with Crippen molar-refractivity contribution in [3.63, 3.8) is 0 Å². The number of benzene rings is 2. The van der Waals surface area contributed by atoms with Crippen LogP contribution in [0, 0.1) is 5.92 Å². The summed E-state index contributed by atoms with van der Waals surface area (Å²) in [6.45, 7) is 0.511. The summed E-state index contributed by atoms with van der Waals surface area (Å²) in [5.41, 5.74) is -0.270. The standard InChI is InChI=1S/C21H19F3N2O2/c22-21(23,24)16-8-4-7-15(11-16)20(28)26-12-13-9-17(18(26)10-13)25-19(27)14-5-2-1-3-6-14/h1-8,11,13,17-18H,9-10,12H2,(H,25,27)/t13-,17+,18-/m1/s1. The van der Waals surface area contributed by atoms with Crippen LogP contribution >= 0.6 is 0 Å². The second-order valence-corrected chi connectivity index (χ2v) is 7.39. The van der Waals surface area contributed by atoms with Crippen LogP contribution in [0.4, 0.5) is 13.2 Å². The lowest BCUT2D eigenvalue weighted by atomic mass is 10.0. The Hall–Kier alpha value is -2.83. The topological polar surface area (TPSA) is 49.4 Å². The van der Waals surface area contributed by atoms with Gasteiger partial charge in [0.2, 0.25) is 0 Å². The molecule has 1 aliphatic carbocycles. The van der Waals surface area contributed by atoms with Crippen molar-refractivity contribution in [1.29, 1.82) is 0 Å². The van der Waals surface area contributed by atoms with Gasteiger partial charge in [0.1, 0.15) is 0 Å². The maximum atomic E-state index is 13.0. The van der Waals surface area contributed by atoms with Crippen LogP contribution in [0.2, 0.25) is 0 Å². The van der Waals surface area contributed by atoms with Crippen LogP contribution in [0.5, 0.6) is 0 Å². The fraction of sp³-hybridized carbons (Fsp3) is 0.333. The molecule has 146 valence electrons. The van der Waals surface area contributed by atoms with Gasteiger partial charge in [-0.3, -0.25) is 9.59 Å². The summed E-state index contributed by atoms with van der Waals surface area (Å²) >= 11 is 0.